The number of hydrogen-bond donors (Lipinski definition) is 1. The summed E-state index contributed by atoms with van der Waals surface area (Å²) < 4.78 is 1.50. The van der Waals surface area contributed by atoms with Crippen LogP contribution >= 0.6 is 35.0 Å². The summed E-state index contributed by atoms with van der Waals surface area (Å²) in [6.45, 7) is 4.37. The highest BCUT2D eigenvalue weighted by Crippen LogP contribution is 2.20. The van der Waals surface area contributed by atoms with Crippen molar-refractivity contribution in [3.8, 4) is 0 Å². The van der Waals surface area contributed by atoms with Gasteiger partial charge in [-0.05, 0) is 35.9 Å². The molecule has 0 unspecified atom stereocenters. The van der Waals surface area contributed by atoms with Gasteiger partial charge in [-0.3, -0.25) is 14.2 Å². The van der Waals surface area contributed by atoms with E-state index in [0.717, 1.165) is 5.56 Å². The highest BCUT2D eigenvalue weighted by Gasteiger charge is 2.13. The topological polar surface area (TPSA) is 64.0 Å². The Labute approximate surface area is 176 Å². The number of hydrogen-bond acceptors (Lipinski definition) is 4. The van der Waals surface area contributed by atoms with Gasteiger partial charge in [0.15, 0.2) is 5.16 Å². The second-order valence-corrected chi connectivity index (χ2v) is 7.77. The van der Waals surface area contributed by atoms with Gasteiger partial charge >= 0.3 is 0 Å². The highest BCUT2D eigenvalue weighted by atomic mass is 35.5. The number of aromatic nitrogens is 2. The molecule has 0 radical (unpaired) electrons. The van der Waals surface area contributed by atoms with Gasteiger partial charge in [0.05, 0.1) is 16.7 Å². The van der Waals surface area contributed by atoms with Crippen molar-refractivity contribution < 1.29 is 4.79 Å². The van der Waals surface area contributed by atoms with E-state index >= 15 is 0 Å². The Bertz CT molecular complexity index is 1100. The summed E-state index contributed by atoms with van der Waals surface area (Å²) in [4.78, 5) is 29.5. The van der Waals surface area contributed by atoms with Crippen LogP contribution in [0.4, 0.5) is 0 Å². The van der Waals surface area contributed by atoms with Crippen LogP contribution in [-0.4, -0.2) is 21.2 Å². The van der Waals surface area contributed by atoms with E-state index in [1.807, 2.05) is 12.1 Å². The predicted molar refractivity (Wildman–Crippen MR) is 115 cm³/mol. The van der Waals surface area contributed by atoms with Crippen LogP contribution in [0.1, 0.15) is 5.56 Å². The van der Waals surface area contributed by atoms with Crippen LogP contribution in [0.15, 0.2) is 65.1 Å². The molecule has 0 saturated carbocycles. The highest BCUT2D eigenvalue weighted by molar-refractivity contribution is 7.99. The maximum atomic E-state index is 12.7. The standard InChI is InChI=1S/C20H17Cl2N3O2S/c1-2-8-25-19(27)16-7-6-15(22)10-17(16)24-20(25)28-12-18(26)23-11-13-4-3-5-14(21)9-13/h2-7,9-10H,1,8,11-12H2,(H,23,26). The molecule has 3 aromatic rings. The Morgan fingerprint density at radius 3 is 2.75 bits per heavy atom. The molecular weight excluding hydrogens is 417 g/mol. The van der Waals surface area contributed by atoms with Crippen molar-refractivity contribution in [2.45, 2.75) is 18.2 Å². The zero-order valence-electron chi connectivity index (χ0n) is 14.8. The Kier molecular flexibility index (Phi) is 6.78. The fourth-order valence-corrected chi connectivity index (χ4v) is 3.82. The number of halogens is 2. The lowest BCUT2D eigenvalue weighted by Crippen LogP contribution is -2.26. The number of thioether (sulfide) groups is 1. The first-order chi connectivity index (χ1) is 13.5. The normalized spacial score (nSPS) is 10.8. The van der Waals surface area contributed by atoms with E-state index in [1.54, 1.807) is 36.4 Å². The van der Waals surface area contributed by atoms with Gasteiger partial charge in [-0.1, -0.05) is 53.2 Å². The molecule has 144 valence electrons. The van der Waals surface area contributed by atoms with Crippen LogP contribution in [0.3, 0.4) is 0 Å². The van der Waals surface area contributed by atoms with Gasteiger partial charge in [0.25, 0.3) is 5.56 Å². The Morgan fingerprint density at radius 1 is 1.21 bits per heavy atom. The first kappa shape index (κ1) is 20.5. The second-order valence-electron chi connectivity index (χ2n) is 5.96. The molecule has 0 atom stereocenters. The first-order valence-corrected chi connectivity index (χ1v) is 10.2. The van der Waals surface area contributed by atoms with E-state index in [1.165, 1.54) is 16.3 Å². The number of allylic oxidation sites excluding steroid dienone is 1. The predicted octanol–water partition coefficient (Wildman–Crippen LogP) is 4.30. The number of rotatable bonds is 7. The van der Waals surface area contributed by atoms with Gasteiger partial charge in [-0.15, -0.1) is 6.58 Å². The van der Waals surface area contributed by atoms with Gasteiger partial charge in [0, 0.05) is 23.1 Å². The average Bonchev–Trinajstić information content (AvgIpc) is 2.67. The number of amides is 1. The summed E-state index contributed by atoms with van der Waals surface area (Å²) >= 11 is 13.2. The summed E-state index contributed by atoms with van der Waals surface area (Å²) in [5, 5.41) is 4.86. The number of benzene rings is 2. The largest absolute Gasteiger partial charge is 0.351 e. The number of fused-ring (bicyclic) bond motifs is 1. The summed E-state index contributed by atoms with van der Waals surface area (Å²) in [5.41, 5.74) is 1.22. The van der Waals surface area contributed by atoms with Crippen LogP contribution in [0.5, 0.6) is 0 Å². The van der Waals surface area contributed by atoms with Crippen molar-refractivity contribution >= 4 is 51.8 Å². The third kappa shape index (κ3) is 4.95. The average molecular weight is 434 g/mol. The Balaban J connectivity index is 1.75. The molecule has 0 fully saturated rings. The van der Waals surface area contributed by atoms with E-state index in [2.05, 4.69) is 16.9 Å². The third-order valence-corrected chi connectivity index (χ3v) is 5.35. The molecule has 2 aromatic carbocycles. The monoisotopic (exact) mass is 433 g/mol. The molecule has 0 aliphatic carbocycles. The van der Waals surface area contributed by atoms with E-state index in [-0.39, 0.29) is 17.2 Å². The SMILES string of the molecule is C=CCn1c(SCC(=O)NCc2cccc(Cl)c2)nc2cc(Cl)ccc2c1=O. The quantitative estimate of drug-likeness (QED) is 0.342. The first-order valence-electron chi connectivity index (χ1n) is 8.43. The maximum Gasteiger partial charge on any atom is 0.262 e. The Hall–Kier alpha value is -2.28. The molecule has 1 amide bonds. The van der Waals surface area contributed by atoms with Crippen molar-refractivity contribution in [1.29, 1.82) is 0 Å². The smallest absolute Gasteiger partial charge is 0.262 e. The molecule has 0 aliphatic rings. The molecule has 28 heavy (non-hydrogen) atoms. The van der Waals surface area contributed by atoms with Crippen molar-refractivity contribution in [1.82, 2.24) is 14.9 Å². The van der Waals surface area contributed by atoms with Crippen LogP contribution in [0, 0.1) is 0 Å². The summed E-state index contributed by atoms with van der Waals surface area (Å²) in [6, 6.07) is 12.2. The minimum atomic E-state index is -0.191. The van der Waals surface area contributed by atoms with Crippen molar-refractivity contribution in [2.24, 2.45) is 0 Å². The zero-order chi connectivity index (χ0) is 20.1. The maximum absolute atomic E-state index is 12.7. The molecule has 1 heterocycles. The molecule has 0 spiro atoms. The molecule has 1 aromatic heterocycles. The fourth-order valence-electron chi connectivity index (χ4n) is 2.60. The summed E-state index contributed by atoms with van der Waals surface area (Å²) in [7, 11) is 0. The van der Waals surface area contributed by atoms with Crippen LogP contribution < -0.4 is 10.9 Å². The molecule has 0 aliphatic heterocycles. The molecule has 5 nitrogen and oxygen atoms in total. The Morgan fingerprint density at radius 2 is 2.00 bits per heavy atom. The van der Waals surface area contributed by atoms with Gasteiger partial charge in [0.2, 0.25) is 5.91 Å². The lowest BCUT2D eigenvalue weighted by atomic mass is 10.2. The van der Waals surface area contributed by atoms with Gasteiger partial charge < -0.3 is 5.32 Å². The van der Waals surface area contributed by atoms with E-state index in [4.69, 9.17) is 23.2 Å². The lowest BCUT2D eigenvalue weighted by Gasteiger charge is -2.12. The molecule has 3 rings (SSSR count). The van der Waals surface area contributed by atoms with Crippen molar-refractivity contribution in [2.75, 3.05) is 5.75 Å². The molecule has 1 N–H and O–H groups in total. The van der Waals surface area contributed by atoms with E-state index < -0.39 is 0 Å². The molecular formula is C20H17Cl2N3O2S. The van der Waals surface area contributed by atoms with E-state index in [0.29, 0.717) is 39.2 Å². The number of carbonyl (C=O) groups excluding carboxylic acids is 1. The van der Waals surface area contributed by atoms with Crippen LogP contribution in [0.25, 0.3) is 10.9 Å². The minimum absolute atomic E-state index is 0.121. The lowest BCUT2D eigenvalue weighted by molar-refractivity contribution is -0.118. The summed E-state index contributed by atoms with van der Waals surface area (Å²) in [6.07, 6.45) is 1.62. The van der Waals surface area contributed by atoms with Gasteiger partial charge in [-0.25, -0.2) is 4.98 Å². The second kappa shape index (κ2) is 9.28. The number of nitrogens with one attached hydrogen (secondary N) is 1. The summed E-state index contributed by atoms with van der Waals surface area (Å²) in [5.74, 6) is -0.0495. The molecule has 0 saturated heterocycles. The molecule has 8 heteroatoms. The van der Waals surface area contributed by atoms with Gasteiger partial charge in [-0.2, -0.15) is 0 Å². The van der Waals surface area contributed by atoms with Crippen LogP contribution in [0.2, 0.25) is 10.0 Å². The third-order valence-electron chi connectivity index (χ3n) is 3.91. The minimum Gasteiger partial charge on any atom is -0.351 e. The zero-order valence-corrected chi connectivity index (χ0v) is 17.2. The van der Waals surface area contributed by atoms with Crippen molar-refractivity contribution in [3.63, 3.8) is 0 Å². The van der Waals surface area contributed by atoms with E-state index in [9.17, 15) is 9.59 Å². The fraction of sp³-hybridized carbons (Fsp3) is 0.150. The number of nitrogens with zero attached hydrogens (tertiary/aromatic N) is 2. The number of carbonyl (C=O) groups is 1. The van der Waals surface area contributed by atoms with Crippen molar-refractivity contribution in [3.05, 3.63) is 81.1 Å². The molecule has 0 bridgehead atoms. The van der Waals surface area contributed by atoms with Gasteiger partial charge in [0.1, 0.15) is 0 Å². The van der Waals surface area contributed by atoms with Crippen LogP contribution in [-0.2, 0) is 17.9 Å².